The van der Waals surface area contributed by atoms with Crippen LogP contribution in [0.15, 0.2) is 41.6 Å². The highest BCUT2D eigenvalue weighted by Gasteiger charge is 2.14. The first-order chi connectivity index (χ1) is 10.8. The van der Waals surface area contributed by atoms with E-state index >= 15 is 0 Å². The van der Waals surface area contributed by atoms with E-state index in [0.717, 1.165) is 11.1 Å². The molecule has 1 N–H and O–H groups in total. The fraction of sp³-hybridized carbons (Fsp3) is 0.375. The van der Waals surface area contributed by atoms with Gasteiger partial charge in [-0.05, 0) is 30.2 Å². The fourth-order valence-electron chi connectivity index (χ4n) is 2.25. The van der Waals surface area contributed by atoms with Gasteiger partial charge in [0, 0.05) is 13.2 Å². The molecule has 0 saturated carbocycles. The van der Waals surface area contributed by atoms with Crippen molar-refractivity contribution in [1.29, 1.82) is 0 Å². The van der Waals surface area contributed by atoms with E-state index in [1.54, 1.807) is 55.3 Å². The highest BCUT2D eigenvalue weighted by Crippen LogP contribution is 2.17. The number of sulfone groups is 1. The predicted octanol–water partition coefficient (Wildman–Crippen LogP) is 1.63. The van der Waals surface area contributed by atoms with Crippen LogP contribution in [0.3, 0.4) is 0 Å². The average Bonchev–Trinajstić information content (AvgIpc) is 2.92. The molecule has 0 bridgehead atoms. The van der Waals surface area contributed by atoms with E-state index in [9.17, 15) is 13.2 Å². The van der Waals surface area contributed by atoms with Crippen LogP contribution in [0.25, 0.3) is 0 Å². The van der Waals surface area contributed by atoms with Crippen LogP contribution in [0.2, 0.25) is 0 Å². The lowest BCUT2D eigenvalue weighted by atomic mass is 10.1. The summed E-state index contributed by atoms with van der Waals surface area (Å²) in [7, 11) is -1.40. The van der Waals surface area contributed by atoms with Crippen LogP contribution in [-0.4, -0.2) is 29.9 Å². The lowest BCUT2D eigenvalue weighted by Crippen LogP contribution is -2.28. The molecule has 0 aliphatic carbocycles. The van der Waals surface area contributed by atoms with Gasteiger partial charge in [0.25, 0.3) is 0 Å². The van der Waals surface area contributed by atoms with Crippen molar-refractivity contribution >= 4 is 15.7 Å². The van der Waals surface area contributed by atoms with Gasteiger partial charge in [-0.15, -0.1) is 0 Å². The maximum absolute atomic E-state index is 12.0. The summed E-state index contributed by atoms with van der Waals surface area (Å²) in [6, 6.07) is 6.43. The lowest BCUT2D eigenvalue weighted by molar-refractivity contribution is -0.121. The fourth-order valence-corrected chi connectivity index (χ4v) is 3.14. The van der Waals surface area contributed by atoms with Gasteiger partial charge in [-0.25, -0.2) is 8.42 Å². The zero-order chi connectivity index (χ0) is 17.0. The van der Waals surface area contributed by atoms with E-state index in [2.05, 4.69) is 10.4 Å². The standard InChI is InChI=1S/C16H21N3O3S/c1-4-23(21,22)15-7-5-14(6-8-15)12(2)18-16(20)9-13-10-17-19(3)11-13/h5-8,10-12H,4,9H2,1-3H3,(H,18,20). The Labute approximate surface area is 136 Å². The quantitative estimate of drug-likeness (QED) is 0.870. The molecule has 2 aromatic rings. The summed E-state index contributed by atoms with van der Waals surface area (Å²) < 4.78 is 25.2. The van der Waals surface area contributed by atoms with Crippen molar-refractivity contribution < 1.29 is 13.2 Å². The van der Waals surface area contributed by atoms with E-state index < -0.39 is 9.84 Å². The number of carbonyl (C=O) groups excluding carboxylic acids is 1. The number of aromatic nitrogens is 2. The molecule has 6 nitrogen and oxygen atoms in total. The largest absolute Gasteiger partial charge is 0.349 e. The molecule has 0 aliphatic heterocycles. The van der Waals surface area contributed by atoms with Crippen LogP contribution in [0.4, 0.5) is 0 Å². The van der Waals surface area contributed by atoms with Gasteiger partial charge in [0.2, 0.25) is 5.91 Å². The zero-order valence-corrected chi connectivity index (χ0v) is 14.3. The molecular formula is C16H21N3O3S. The highest BCUT2D eigenvalue weighted by molar-refractivity contribution is 7.91. The third-order valence-corrected chi connectivity index (χ3v) is 5.37. The van der Waals surface area contributed by atoms with Gasteiger partial charge in [-0.3, -0.25) is 9.48 Å². The molecule has 1 atom stereocenters. The smallest absolute Gasteiger partial charge is 0.225 e. The Morgan fingerprint density at radius 1 is 1.30 bits per heavy atom. The molecule has 0 aliphatic rings. The monoisotopic (exact) mass is 335 g/mol. The van der Waals surface area contributed by atoms with E-state index in [4.69, 9.17) is 0 Å². The minimum atomic E-state index is -3.20. The molecule has 7 heteroatoms. The molecule has 0 spiro atoms. The van der Waals surface area contributed by atoms with Crippen molar-refractivity contribution in [2.45, 2.75) is 31.2 Å². The third kappa shape index (κ3) is 4.41. The Hall–Kier alpha value is -2.15. The van der Waals surface area contributed by atoms with Gasteiger partial charge in [0.1, 0.15) is 0 Å². The first-order valence-corrected chi connectivity index (χ1v) is 9.06. The van der Waals surface area contributed by atoms with Gasteiger partial charge >= 0.3 is 0 Å². The summed E-state index contributed by atoms with van der Waals surface area (Å²) in [4.78, 5) is 12.3. The molecule has 2 rings (SSSR count). The number of carbonyl (C=O) groups is 1. The van der Waals surface area contributed by atoms with Crippen LogP contribution < -0.4 is 5.32 Å². The van der Waals surface area contributed by atoms with Crippen LogP contribution in [0.1, 0.15) is 31.0 Å². The Kier molecular flexibility index (Phi) is 5.20. The molecule has 23 heavy (non-hydrogen) atoms. The second kappa shape index (κ2) is 6.95. The maximum Gasteiger partial charge on any atom is 0.225 e. The number of nitrogens with one attached hydrogen (secondary N) is 1. The Morgan fingerprint density at radius 3 is 2.48 bits per heavy atom. The first-order valence-electron chi connectivity index (χ1n) is 7.41. The van der Waals surface area contributed by atoms with Crippen LogP contribution >= 0.6 is 0 Å². The van der Waals surface area contributed by atoms with Gasteiger partial charge in [0.05, 0.1) is 29.3 Å². The predicted molar refractivity (Wildman–Crippen MR) is 87.6 cm³/mol. The van der Waals surface area contributed by atoms with Crippen LogP contribution in [0, 0.1) is 0 Å². The Morgan fingerprint density at radius 2 is 1.96 bits per heavy atom. The number of amides is 1. The number of benzene rings is 1. The van der Waals surface area contributed by atoms with Crippen LogP contribution in [-0.2, 0) is 28.1 Å². The molecule has 1 aromatic carbocycles. The molecule has 0 saturated heterocycles. The zero-order valence-electron chi connectivity index (χ0n) is 13.5. The molecular weight excluding hydrogens is 314 g/mol. The van der Waals surface area contributed by atoms with Crippen molar-refractivity contribution in [2.75, 3.05) is 5.75 Å². The molecule has 124 valence electrons. The molecule has 1 heterocycles. The number of hydrogen-bond donors (Lipinski definition) is 1. The molecule has 1 aromatic heterocycles. The lowest BCUT2D eigenvalue weighted by Gasteiger charge is -2.14. The molecule has 0 fully saturated rings. The summed E-state index contributed by atoms with van der Waals surface area (Å²) >= 11 is 0. The summed E-state index contributed by atoms with van der Waals surface area (Å²) in [5.41, 5.74) is 1.71. The second-order valence-electron chi connectivity index (χ2n) is 5.46. The van der Waals surface area contributed by atoms with Crippen molar-refractivity contribution in [1.82, 2.24) is 15.1 Å². The summed E-state index contributed by atoms with van der Waals surface area (Å²) in [6.45, 7) is 3.48. The first kappa shape index (κ1) is 17.2. The van der Waals surface area contributed by atoms with E-state index in [0.29, 0.717) is 4.90 Å². The normalized spacial score (nSPS) is 12.8. The molecule has 0 radical (unpaired) electrons. The second-order valence-corrected chi connectivity index (χ2v) is 7.74. The maximum atomic E-state index is 12.0. The molecule has 1 unspecified atom stereocenters. The van der Waals surface area contributed by atoms with Crippen molar-refractivity contribution in [3.05, 3.63) is 47.8 Å². The summed E-state index contributed by atoms with van der Waals surface area (Å²) in [6.07, 6.45) is 3.73. The van der Waals surface area contributed by atoms with Crippen LogP contribution in [0.5, 0.6) is 0 Å². The third-order valence-electron chi connectivity index (χ3n) is 3.62. The van der Waals surface area contributed by atoms with E-state index in [1.165, 1.54) is 0 Å². The van der Waals surface area contributed by atoms with Gasteiger partial charge in [-0.2, -0.15) is 5.10 Å². The highest BCUT2D eigenvalue weighted by atomic mass is 32.2. The number of aryl methyl sites for hydroxylation is 1. The average molecular weight is 335 g/mol. The number of rotatable bonds is 6. The minimum Gasteiger partial charge on any atom is -0.349 e. The van der Waals surface area contributed by atoms with Crippen molar-refractivity contribution in [3.63, 3.8) is 0 Å². The van der Waals surface area contributed by atoms with Gasteiger partial charge in [0.15, 0.2) is 9.84 Å². The van der Waals surface area contributed by atoms with E-state index in [-0.39, 0.29) is 24.1 Å². The van der Waals surface area contributed by atoms with Crippen molar-refractivity contribution in [3.8, 4) is 0 Å². The molecule has 1 amide bonds. The summed E-state index contributed by atoms with van der Waals surface area (Å²) in [5.74, 6) is -0.0280. The number of hydrogen-bond acceptors (Lipinski definition) is 4. The minimum absolute atomic E-state index is 0.0732. The summed E-state index contributed by atoms with van der Waals surface area (Å²) in [5, 5.41) is 6.93. The topological polar surface area (TPSA) is 81.1 Å². The van der Waals surface area contributed by atoms with Gasteiger partial charge in [-0.1, -0.05) is 19.1 Å². The number of nitrogens with zero attached hydrogens (tertiary/aromatic N) is 2. The Balaban J connectivity index is 2.00. The van der Waals surface area contributed by atoms with Crippen molar-refractivity contribution in [2.24, 2.45) is 7.05 Å². The Bertz CT molecular complexity index is 779. The van der Waals surface area contributed by atoms with Gasteiger partial charge < -0.3 is 5.32 Å². The SMILES string of the molecule is CCS(=O)(=O)c1ccc(C(C)NC(=O)Cc2cnn(C)c2)cc1. The van der Waals surface area contributed by atoms with E-state index in [1.807, 2.05) is 6.92 Å².